The maximum atomic E-state index is 15.7. The third-order valence-electron chi connectivity index (χ3n) is 5.68. The fourth-order valence-corrected chi connectivity index (χ4v) is 5.49. The van der Waals surface area contributed by atoms with Crippen molar-refractivity contribution in [2.45, 2.75) is 70.0 Å². The number of benzene rings is 1. The number of hydrogen-bond acceptors (Lipinski definition) is 10. The lowest BCUT2D eigenvalue weighted by molar-refractivity contribution is -0.149. The number of carbonyl (C=O) groups is 1. The summed E-state index contributed by atoms with van der Waals surface area (Å²) in [5.74, 6) is -2.71. The van der Waals surface area contributed by atoms with Gasteiger partial charge in [0, 0.05) is 0 Å². The van der Waals surface area contributed by atoms with E-state index in [0.717, 1.165) is 0 Å². The first kappa shape index (κ1) is 30.6. The fourth-order valence-electron chi connectivity index (χ4n) is 3.79. The lowest BCUT2D eigenvalue weighted by Crippen LogP contribution is -2.48. The highest BCUT2D eigenvalue weighted by Crippen LogP contribution is 2.50. The first-order valence-electron chi connectivity index (χ1n) is 11.8. The van der Waals surface area contributed by atoms with Gasteiger partial charge < -0.3 is 24.8 Å². The fraction of sp³-hybridized carbons (Fsp3) is 0.522. The Morgan fingerprint density at radius 2 is 1.95 bits per heavy atom. The quantitative estimate of drug-likeness (QED) is 0.265. The number of aliphatic hydroxyl groups excluding tert-OH is 1. The van der Waals surface area contributed by atoms with E-state index in [0.29, 0.717) is 10.8 Å². The van der Waals surface area contributed by atoms with Crippen LogP contribution in [0.2, 0.25) is 0 Å². The number of hydrogen-bond donors (Lipinski definition) is 3. The minimum atomic E-state index is -4.51. The first-order chi connectivity index (χ1) is 18.2. The van der Waals surface area contributed by atoms with Crippen molar-refractivity contribution in [3.63, 3.8) is 0 Å². The maximum Gasteiger partial charge on any atom is 0.459 e. The number of ether oxygens (including phenoxy) is 2. The highest BCUT2D eigenvalue weighted by molar-refractivity contribution is 7.52. The van der Waals surface area contributed by atoms with Gasteiger partial charge in [0.2, 0.25) is 5.67 Å². The lowest BCUT2D eigenvalue weighted by atomic mass is 9.95. The van der Waals surface area contributed by atoms with Crippen LogP contribution in [0.4, 0.5) is 19.0 Å². The van der Waals surface area contributed by atoms with Crippen molar-refractivity contribution >= 4 is 19.5 Å². The van der Waals surface area contributed by atoms with Crippen LogP contribution in [0.1, 0.15) is 33.9 Å². The van der Waals surface area contributed by atoms with Gasteiger partial charge in [-0.15, -0.1) is 0 Å². The highest BCUT2D eigenvalue weighted by atomic mass is 31.2. The average Bonchev–Trinajstić information content (AvgIpc) is 3.12. The zero-order chi connectivity index (χ0) is 29.1. The van der Waals surface area contributed by atoms with E-state index in [1.807, 2.05) is 0 Å². The number of halogens is 3. The van der Waals surface area contributed by atoms with Gasteiger partial charge in [-0.3, -0.25) is 13.9 Å². The Morgan fingerprint density at radius 1 is 1.31 bits per heavy atom. The van der Waals surface area contributed by atoms with Crippen LogP contribution in [0, 0.1) is 5.82 Å². The Labute approximate surface area is 221 Å². The van der Waals surface area contributed by atoms with Crippen LogP contribution in [0.25, 0.3) is 0 Å². The van der Waals surface area contributed by atoms with E-state index in [-0.39, 0.29) is 5.75 Å². The van der Waals surface area contributed by atoms with Crippen LogP contribution in [0.3, 0.4) is 0 Å². The Balaban J connectivity index is 1.91. The van der Waals surface area contributed by atoms with Gasteiger partial charge >= 0.3 is 19.4 Å². The molecular formula is C23H30F3N4O8P. The van der Waals surface area contributed by atoms with Gasteiger partial charge in [0.15, 0.2) is 17.9 Å². The molecule has 1 aliphatic rings. The zero-order valence-corrected chi connectivity index (χ0v) is 22.4. The van der Waals surface area contributed by atoms with Crippen LogP contribution < -0.4 is 21.0 Å². The number of aliphatic hydroxyl groups is 1. The molecule has 1 aromatic carbocycles. The van der Waals surface area contributed by atoms with Gasteiger partial charge in [-0.25, -0.2) is 22.5 Å². The van der Waals surface area contributed by atoms with E-state index >= 15 is 4.39 Å². The summed E-state index contributed by atoms with van der Waals surface area (Å²) in [5, 5.41) is 13.1. The molecule has 0 spiro atoms. The summed E-state index contributed by atoms with van der Waals surface area (Å²) < 4.78 is 79.4. The van der Waals surface area contributed by atoms with E-state index in [1.54, 1.807) is 32.0 Å². The Kier molecular flexibility index (Phi) is 9.44. The number of nitrogens with one attached hydrogen (secondary N) is 1. The number of esters is 1. The molecule has 216 valence electrons. The van der Waals surface area contributed by atoms with Crippen molar-refractivity contribution in [3.8, 4) is 5.75 Å². The van der Waals surface area contributed by atoms with Crippen LogP contribution in [-0.2, 0) is 23.4 Å². The van der Waals surface area contributed by atoms with Gasteiger partial charge in [0.05, 0.1) is 18.4 Å². The second-order valence-corrected chi connectivity index (χ2v) is 10.8. The summed E-state index contributed by atoms with van der Waals surface area (Å²) in [6.45, 7) is 3.91. The van der Waals surface area contributed by atoms with Crippen molar-refractivity contribution in [2.75, 3.05) is 12.4 Å². The predicted octanol–water partition coefficient (Wildman–Crippen LogP) is 2.42. The molecule has 1 saturated heterocycles. The third kappa shape index (κ3) is 6.79. The molecule has 16 heteroatoms. The number of aromatic nitrogens is 2. The predicted molar refractivity (Wildman–Crippen MR) is 132 cm³/mol. The second-order valence-electron chi connectivity index (χ2n) is 9.17. The molecule has 0 saturated carbocycles. The molecule has 2 aromatic rings. The molecule has 0 aliphatic carbocycles. The molecule has 0 amide bonds. The second kappa shape index (κ2) is 12.0. The van der Waals surface area contributed by atoms with Crippen LogP contribution in [0.15, 0.2) is 41.3 Å². The van der Waals surface area contributed by atoms with Gasteiger partial charge in [-0.2, -0.15) is 10.1 Å². The van der Waals surface area contributed by atoms with Gasteiger partial charge in [0.25, 0.3) is 0 Å². The Bertz CT molecular complexity index is 1270. The van der Waals surface area contributed by atoms with E-state index in [9.17, 15) is 28.0 Å². The molecular weight excluding hydrogens is 548 g/mol. The Hall–Kier alpha value is -2.97. The summed E-state index contributed by atoms with van der Waals surface area (Å²) in [6, 6.07) is 6.48. The van der Waals surface area contributed by atoms with E-state index in [2.05, 4.69) is 10.1 Å². The molecule has 1 aromatic heterocycles. The first-order valence-corrected chi connectivity index (χ1v) is 13.4. The van der Waals surface area contributed by atoms with Crippen molar-refractivity contribution in [3.05, 3.63) is 52.8 Å². The largest absolute Gasteiger partial charge is 0.462 e. The number of nitrogen functional groups attached to an aromatic ring is 1. The molecule has 3 rings (SSSR count). The number of carbonyl (C=O) groups excluding carboxylic acids is 1. The van der Waals surface area contributed by atoms with Gasteiger partial charge in [-0.1, -0.05) is 18.2 Å². The normalized spacial score (nSPS) is 26.1. The molecule has 0 radical (unpaired) electrons. The number of anilines is 1. The van der Waals surface area contributed by atoms with E-state index in [1.165, 1.54) is 26.0 Å². The number of nitrogens with zero attached hydrogens (tertiary/aromatic N) is 2. The molecule has 1 unspecified atom stereocenters. The molecule has 4 N–H and O–H groups in total. The molecule has 1 fully saturated rings. The van der Waals surface area contributed by atoms with E-state index in [4.69, 9.17) is 24.3 Å². The zero-order valence-electron chi connectivity index (χ0n) is 21.5. The van der Waals surface area contributed by atoms with Crippen molar-refractivity contribution in [1.82, 2.24) is 14.6 Å². The average molecular weight is 578 g/mol. The lowest BCUT2D eigenvalue weighted by Gasteiger charge is -2.29. The summed E-state index contributed by atoms with van der Waals surface area (Å²) in [7, 11) is -4.51. The van der Waals surface area contributed by atoms with Crippen molar-refractivity contribution in [2.24, 2.45) is 0 Å². The molecule has 0 bridgehead atoms. The summed E-state index contributed by atoms with van der Waals surface area (Å²) in [6.07, 6.45) is -7.76. The summed E-state index contributed by atoms with van der Waals surface area (Å²) in [5.41, 5.74) is 0.717. The molecule has 1 aliphatic heterocycles. The third-order valence-corrected chi connectivity index (χ3v) is 7.45. The number of rotatable bonds is 11. The topological polar surface area (TPSA) is 164 Å². The van der Waals surface area contributed by atoms with Gasteiger partial charge in [-0.05, 0) is 39.8 Å². The van der Waals surface area contributed by atoms with Crippen LogP contribution >= 0.6 is 7.75 Å². The monoisotopic (exact) mass is 578 g/mol. The number of para-hydroxylation sites is 1. The molecule has 12 nitrogen and oxygen atoms in total. The molecule has 2 heterocycles. The van der Waals surface area contributed by atoms with Crippen LogP contribution in [-0.4, -0.2) is 63.4 Å². The van der Waals surface area contributed by atoms with Crippen molar-refractivity contribution in [1.29, 1.82) is 0 Å². The molecule has 7 atom stereocenters. The van der Waals surface area contributed by atoms with Crippen molar-refractivity contribution < 1.29 is 46.2 Å². The van der Waals surface area contributed by atoms with Crippen LogP contribution in [0.5, 0.6) is 5.75 Å². The smallest absolute Gasteiger partial charge is 0.459 e. The molecule has 39 heavy (non-hydrogen) atoms. The maximum absolute atomic E-state index is 15.7. The summed E-state index contributed by atoms with van der Waals surface area (Å²) >= 11 is 0. The van der Waals surface area contributed by atoms with Gasteiger partial charge in [0.1, 0.15) is 30.7 Å². The Morgan fingerprint density at radius 3 is 2.54 bits per heavy atom. The van der Waals surface area contributed by atoms with E-state index < -0.39 is 80.1 Å². The number of alkyl halides is 2. The minimum absolute atomic E-state index is 0.0642. The highest BCUT2D eigenvalue weighted by Gasteiger charge is 2.61. The summed E-state index contributed by atoms with van der Waals surface area (Å²) in [4.78, 5) is 27.8. The number of nitrogens with two attached hydrogens (primary N) is 1. The standard InChI is InChI=1S/C23H30F3N4O8P/c1-12(2)35-20(32)13(3)29-39(34,38-15-8-6-5-7-9-15)37-14(4)17-18(31)23(26,11-24)21(36-17)30-10-16(25)19(27)28-22(30)33/h5-10,12-14,17-18,21,31H,11H2,1-4H3,(H,29,34)(H2,27,28,33)/t13-,14-,17+,18?,21+,23+,39+/m0/s1. The minimum Gasteiger partial charge on any atom is -0.462 e. The SMILES string of the molecule is CC(C)OC(=O)[C@H](C)N[P@](=O)(Oc1ccccc1)O[C@@H](C)[C@H]1O[C@@H](n2cc(F)c(N)nc2=O)[C@@](F)(CF)C1O.